The quantitative estimate of drug-likeness (QED) is 0.817. The summed E-state index contributed by atoms with van der Waals surface area (Å²) in [6, 6.07) is 11.1. The largest absolute Gasteiger partial charge is 0.308 e. The van der Waals surface area contributed by atoms with Crippen molar-refractivity contribution in [3.05, 3.63) is 35.4 Å². The van der Waals surface area contributed by atoms with E-state index in [2.05, 4.69) is 55.4 Å². The lowest BCUT2D eigenvalue weighted by molar-refractivity contribution is 0.233. The van der Waals surface area contributed by atoms with Crippen molar-refractivity contribution >= 4 is 0 Å². The average Bonchev–Trinajstić information content (AvgIpc) is 3.31. The normalized spacial score (nSPS) is 22.0. The minimum Gasteiger partial charge on any atom is -0.308 e. The third-order valence-electron chi connectivity index (χ3n) is 4.98. The van der Waals surface area contributed by atoms with Crippen LogP contribution in [0.2, 0.25) is 0 Å². The Morgan fingerprint density at radius 1 is 1.15 bits per heavy atom. The van der Waals surface area contributed by atoms with Gasteiger partial charge in [-0.2, -0.15) is 0 Å². The highest BCUT2D eigenvalue weighted by molar-refractivity contribution is 5.25. The molecule has 0 amide bonds. The lowest BCUT2D eigenvalue weighted by Crippen LogP contribution is -2.40. The topological polar surface area (TPSA) is 15.3 Å². The van der Waals surface area contributed by atoms with E-state index in [1.165, 1.54) is 36.8 Å². The predicted molar refractivity (Wildman–Crippen MR) is 84.9 cm³/mol. The van der Waals surface area contributed by atoms with Gasteiger partial charge in [0.05, 0.1) is 0 Å². The van der Waals surface area contributed by atoms with Gasteiger partial charge in [0, 0.05) is 24.7 Å². The van der Waals surface area contributed by atoms with Crippen LogP contribution >= 0.6 is 0 Å². The number of nitrogens with one attached hydrogen (secondary N) is 1. The van der Waals surface area contributed by atoms with Crippen LogP contribution in [0.1, 0.15) is 49.8 Å². The molecule has 0 heterocycles. The molecule has 1 aromatic rings. The Bertz CT molecular complexity index is 431. The number of nitrogens with zero attached hydrogens (tertiary/aromatic N) is 1. The molecule has 0 radical (unpaired) electrons. The molecule has 2 saturated carbocycles. The number of hydrogen-bond acceptors (Lipinski definition) is 2. The number of hydrogen-bond donors (Lipinski definition) is 1. The summed E-state index contributed by atoms with van der Waals surface area (Å²) in [7, 11) is 2.28. The maximum absolute atomic E-state index is 3.84. The molecule has 20 heavy (non-hydrogen) atoms. The van der Waals surface area contributed by atoms with Crippen LogP contribution in [-0.4, -0.2) is 30.6 Å². The molecule has 1 aromatic carbocycles. The first kappa shape index (κ1) is 14.1. The van der Waals surface area contributed by atoms with Gasteiger partial charge in [0.25, 0.3) is 0 Å². The van der Waals surface area contributed by atoms with E-state index in [9.17, 15) is 0 Å². The molecule has 2 nitrogen and oxygen atoms in total. The smallest absolute Gasteiger partial charge is 0.0349 e. The van der Waals surface area contributed by atoms with Crippen molar-refractivity contribution in [3.8, 4) is 0 Å². The van der Waals surface area contributed by atoms with Gasteiger partial charge in [-0.05, 0) is 58.1 Å². The molecule has 0 aromatic heterocycles. The zero-order valence-electron chi connectivity index (χ0n) is 13.1. The van der Waals surface area contributed by atoms with Gasteiger partial charge in [-0.3, -0.25) is 4.90 Å². The zero-order valence-corrected chi connectivity index (χ0v) is 13.1. The average molecular weight is 272 g/mol. The first-order chi connectivity index (χ1) is 9.65. The lowest BCUT2D eigenvalue weighted by atomic mass is 10.0. The van der Waals surface area contributed by atoms with Gasteiger partial charge < -0.3 is 5.32 Å². The van der Waals surface area contributed by atoms with Gasteiger partial charge in [-0.15, -0.1) is 0 Å². The molecule has 1 N–H and O–H groups in total. The fourth-order valence-corrected chi connectivity index (χ4v) is 3.04. The summed E-state index contributed by atoms with van der Waals surface area (Å²) >= 11 is 0. The summed E-state index contributed by atoms with van der Waals surface area (Å²) < 4.78 is 0. The van der Waals surface area contributed by atoms with Crippen molar-refractivity contribution in [1.82, 2.24) is 10.2 Å². The second-order valence-corrected chi connectivity index (χ2v) is 6.88. The molecule has 2 heteroatoms. The van der Waals surface area contributed by atoms with Crippen LogP contribution in [0, 0.1) is 12.8 Å². The van der Waals surface area contributed by atoms with E-state index in [4.69, 9.17) is 0 Å². The van der Waals surface area contributed by atoms with E-state index < -0.39 is 0 Å². The first-order valence-corrected chi connectivity index (χ1v) is 8.17. The van der Waals surface area contributed by atoms with Crippen molar-refractivity contribution < 1.29 is 0 Å². The fraction of sp³-hybridized carbons (Fsp3) is 0.667. The van der Waals surface area contributed by atoms with Crippen molar-refractivity contribution in [3.63, 3.8) is 0 Å². The van der Waals surface area contributed by atoms with Crippen LogP contribution in [0.15, 0.2) is 24.3 Å². The minimum atomic E-state index is 0.561. The molecular formula is C18H28N2. The molecule has 0 spiro atoms. The van der Waals surface area contributed by atoms with Gasteiger partial charge >= 0.3 is 0 Å². The summed E-state index contributed by atoms with van der Waals surface area (Å²) in [4.78, 5) is 2.55. The SMILES string of the molecule is Cc1ccc(C(NCC(C)N(C)C2CC2)C2CC2)cc1. The third-order valence-corrected chi connectivity index (χ3v) is 4.98. The molecule has 2 aliphatic rings. The zero-order chi connectivity index (χ0) is 14.1. The number of likely N-dealkylation sites (N-methyl/N-ethyl adjacent to an activating group) is 1. The van der Waals surface area contributed by atoms with Gasteiger partial charge in [-0.1, -0.05) is 29.8 Å². The van der Waals surface area contributed by atoms with Crippen LogP contribution in [0.25, 0.3) is 0 Å². The van der Waals surface area contributed by atoms with E-state index >= 15 is 0 Å². The van der Waals surface area contributed by atoms with E-state index in [1.807, 2.05) is 0 Å². The monoisotopic (exact) mass is 272 g/mol. The van der Waals surface area contributed by atoms with Crippen molar-refractivity contribution in [1.29, 1.82) is 0 Å². The number of rotatable bonds is 7. The molecule has 2 aliphatic carbocycles. The predicted octanol–water partition coefficient (Wildman–Crippen LogP) is 3.52. The molecular weight excluding hydrogens is 244 g/mol. The standard InChI is InChI=1S/C18H28N2/c1-13-4-6-15(7-5-13)18(16-8-9-16)19-12-14(2)20(3)17-10-11-17/h4-7,14,16-19H,8-12H2,1-3H3. The Morgan fingerprint density at radius 3 is 2.35 bits per heavy atom. The summed E-state index contributed by atoms with van der Waals surface area (Å²) in [5.74, 6) is 0.858. The highest BCUT2D eigenvalue weighted by Crippen LogP contribution is 2.41. The Morgan fingerprint density at radius 2 is 1.80 bits per heavy atom. The van der Waals surface area contributed by atoms with Crippen molar-refractivity contribution in [2.45, 2.75) is 57.7 Å². The molecule has 3 rings (SSSR count). The van der Waals surface area contributed by atoms with E-state index in [0.29, 0.717) is 12.1 Å². The maximum Gasteiger partial charge on any atom is 0.0349 e. The van der Waals surface area contributed by atoms with Crippen molar-refractivity contribution in [2.24, 2.45) is 5.92 Å². The summed E-state index contributed by atoms with van der Waals surface area (Å²) in [5, 5.41) is 3.84. The number of benzene rings is 1. The summed E-state index contributed by atoms with van der Waals surface area (Å²) in [6.45, 7) is 5.61. The maximum atomic E-state index is 3.84. The molecule has 0 bridgehead atoms. The van der Waals surface area contributed by atoms with Crippen LogP contribution < -0.4 is 5.32 Å². The minimum absolute atomic E-state index is 0.561. The van der Waals surface area contributed by atoms with Crippen molar-refractivity contribution in [2.75, 3.05) is 13.6 Å². The molecule has 2 unspecified atom stereocenters. The Hall–Kier alpha value is -0.860. The second kappa shape index (κ2) is 5.87. The van der Waals surface area contributed by atoms with E-state index in [1.54, 1.807) is 0 Å². The van der Waals surface area contributed by atoms with Gasteiger partial charge in [-0.25, -0.2) is 0 Å². The van der Waals surface area contributed by atoms with Gasteiger partial charge in [0.2, 0.25) is 0 Å². The van der Waals surface area contributed by atoms with E-state index in [-0.39, 0.29) is 0 Å². The van der Waals surface area contributed by atoms with Crippen LogP contribution in [-0.2, 0) is 0 Å². The molecule has 0 saturated heterocycles. The molecule has 2 fully saturated rings. The Balaban J connectivity index is 1.58. The third kappa shape index (κ3) is 3.42. The Kier molecular flexibility index (Phi) is 4.13. The van der Waals surface area contributed by atoms with Crippen LogP contribution in [0.5, 0.6) is 0 Å². The highest BCUT2D eigenvalue weighted by atomic mass is 15.2. The van der Waals surface area contributed by atoms with Gasteiger partial charge in [0.1, 0.15) is 0 Å². The Labute approximate surface area is 123 Å². The first-order valence-electron chi connectivity index (χ1n) is 8.17. The molecule has 2 atom stereocenters. The van der Waals surface area contributed by atoms with Crippen LogP contribution in [0.4, 0.5) is 0 Å². The summed E-state index contributed by atoms with van der Waals surface area (Å²) in [6.07, 6.45) is 5.56. The highest BCUT2D eigenvalue weighted by Gasteiger charge is 2.33. The molecule has 110 valence electrons. The number of aryl methyl sites for hydroxylation is 1. The summed E-state index contributed by atoms with van der Waals surface area (Å²) in [5.41, 5.74) is 2.82. The van der Waals surface area contributed by atoms with E-state index in [0.717, 1.165) is 18.5 Å². The second-order valence-electron chi connectivity index (χ2n) is 6.88. The fourth-order valence-electron chi connectivity index (χ4n) is 3.04. The van der Waals surface area contributed by atoms with Crippen LogP contribution in [0.3, 0.4) is 0 Å². The molecule has 0 aliphatic heterocycles. The lowest BCUT2D eigenvalue weighted by Gasteiger charge is -2.28. The van der Waals surface area contributed by atoms with Gasteiger partial charge in [0.15, 0.2) is 0 Å².